The molecule has 0 saturated heterocycles. The number of carbonyl (C=O) groups is 1. The summed E-state index contributed by atoms with van der Waals surface area (Å²) in [6.45, 7) is 0. The quantitative estimate of drug-likeness (QED) is 0.735. The Morgan fingerprint density at radius 1 is 1.50 bits per heavy atom. The SMILES string of the molecule is N[C@H]1CC(=O)c2cc(Br)ccc21. The van der Waals surface area contributed by atoms with Crippen LogP contribution >= 0.6 is 15.9 Å². The molecule has 3 heteroatoms. The van der Waals surface area contributed by atoms with Gasteiger partial charge in [-0.25, -0.2) is 0 Å². The number of Topliss-reactive ketones (excluding diaryl/α,β-unsaturated/α-hetero) is 1. The zero-order valence-electron chi connectivity index (χ0n) is 6.38. The van der Waals surface area contributed by atoms with E-state index in [0.717, 1.165) is 15.6 Å². The maximum atomic E-state index is 11.3. The number of fused-ring (bicyclic) bond motifs is 1. The van der Waals surface area contributed by atoms with E-state index in [1.807, 2.05) is 18.2 Å². The van der Waals surface area contributed by atoms with Gasteiger partial charge in [-0.2, -0.15) is 0 Å². The van der Waals surface area contributed by atoms with Gasteiger partial charge in [0.25, 0.3) is 0 Å². The molecule has 1 aromatic rings. The van der Waals surface area contributed by atoms with Crippen molar-refractivity contribution in [1.82, 2.24) is 0 Å². The highest BCUT2D eigenvalue weighted by molar-refractivity contribution is 9.10. The topological polar surface area (TPSA) is 43.1 Å². The molecule has 0 saturated carbocycles. The molecule has 0 unspecified atom stereocenters. The third-order valence-corrected chi connectivity index (χ3v) is 2.61. The van der Waals surface area contributed by atoms with Crippen molar-refractivity contribution >= 4 is 21.7 Å². The molecule has 1 aliphatic rings. The molecule has 62 valence electrons. The number of carbonyl (C=O) groups excluding carboxylic acids is 1. The first-order chi connectivity index (χ1) is 5.68. The van der Waals surface area contributed by atoms with Crippen LogP contribution in [0.1, 0.15) is 28.4 Å². The minimum absolute atomic E-state index is 0.0967. The Morgan fingerprint density at radius 3 is 3.00 bits per heavy atom. The summed E-state index contributed by atoms with van der Waals surface area (Å²) in [5.74, 6) is 0.152. The lowest BCUT2D eigenvalue weighted by atomic mass is 10.1. The standard InChI is InChI=1S/C9H8BrNO/c10-5-1-2-6-7(3-5)9(12)4-8(6)11/h1-3,8H,4,11H2/t8-/m0/s1. The van der Waals surface area contributed by atoms with Gasteiger partial charge in [-0.3, -0.25) is 4.79 Å². The summed E-state index contributed by atoms with van der Waals surface area (Å²) in [7, 11) is 0. The summed E-state index contributed by atoms with van der Waals surface area (Å²) >= 11 is 3.32. The van der Waals surface area contributed by atoms with Crippen LogP contribution in [0.4, 0.5) is 0 Å². The molecule has 2 nitrogen and oxygen atoms in total. The molecule has 0 aromatic heterocycles. The molecule has 0 heterocycles. The molecule has 2 N–H and O–H groups in total. The molecule has 0 aliphatic heterocycles. The molecule has 0 amide bonds. The molecule has 0 fully saturated rings. The van der Waals surface area contributed by atoms with Gasteiger partial charge in [0, 0.05) is 22.5 Å². The summed E-state index contributed by atoms with van der Waals surface area (Å²) in [6.07, 6.45) is 0.450. The van der Waals surface area contributed by atoms with Crippen molar-refractivity contribution in [3.63, 3.8) is 0 Å². The van der Waals surface area contributed by atoms with Crippen LogP contribution in [-0.2, 0) is 0 Å². The van der Waals surface area contributed by atoms with E-state index in [4.69, 9.17) is 5.73 Å². The molecular weight excluding hydrogens is 218 g/mol. The fourth-order valence-corrected chi connectivity index (χ4v) is 1.87. The highest BCUT2D eigenvalue weighted by atomic mass is 79.9. The molecule has 1 aromatic carbocycles. The van der Waals surface area contributed by atoms with Crippen molar-refractivity contribution in [2.75, 3.05) is 0 Å². The highest BCUT2D eigenvalue weighted by Gasteiger charge is 2.26. The van der Waals surface area contributed by atoms with Crippen LogP contribution in [0.5, 0.6) is 0 Å². The van der Waals surface area contributed by atoms with Crippen molar-refractivity contribution < 1.29 is 4.79 Å². The Morgan fingerprint density at radius 2 is 2.25 bits per heavy atom. The fraction of sp³-hybridized carbons (Fsp3) is 0.222. The number of nitrogens with two attached hydrogens (primary N) is 1. The normalized spacial score (nSPS) is 21.2. The van der Waals surface area contributed by atoms with E-state index >= 15 is 0 Å². The lowest BCUT2D eigenvalue weighted by Crippen LogP contribution is -2.05. The van der Waals surface area contributed by atoms with Gasteiger partial charge in [-0.15, -0.1) is 0 Å². The average Bonchev–Trinajstić information content (AvgIpc) is 2.28. The Kier molecular flexibility index (Phi) is 1.77. The fourth-order valence-electron chi connectivity index (χ4n) is 1.51. The van der Waals surface area contributed by atoms with Crippen LogP contribution < -0.4 is 5.73 Å². The van der Waals surface area contributed by atoms with Gasteiger partial charge in [0.2, 0.25) is 0 Å². The molecule has 1 atom stereocenters. The highest BCUT2D eigenvalue weighted by Crippen LogP contribution is 2.30. The van der Waals surface area contributed by atoms with E-state index in [1.54, 1.807) is 0 Å². The number of hydrogen-bond acceptors (Lipinski definition) is 2. The predicted molar refractivity (Wildman–Crippen MR) is 50.0 cm³/mol. The van der Waals surface area contributed by atoms with E-state index in [1.165, 1.54) is 0 Å². The Balaban J connectivity index is 2.60. The van der Waals surface area contributed by atoms with Crippen LogP contribution in [0.2, 0.25) is 0 Å². The van der Waals surface area contributed by atoms with Crippen LogP contribution in [0.25, 0.3) is 0 Å². The maximum Gasteiger partial charge on any atom is 0.165 e. The Labute approximate surface area is 78.9 Å². The molecular formula is C9H8BrNO. The molecule has 12 heavy (non-hydrogen) atoms. The molecule has 2 rings (SSSR count). The minimum atomic E-state index is -0.0967. The first-order valence-electron chi connectivity index (χ1n) is 3.76. The van der Waals surface area contributed by atoms with Crippen LogP contribution in [0.15, 0.2) is 22.7 Å². The summed E-state index contributed by atoms with van der Waals surface area (Å²) in [6, 6.07) is 5.57. The van der Waals surface area contributed by atoms with E-state index in [9.17, 15) is 4.79 Å². The maximum absolute atomic E-state index is 11.3. The van der Waals surface area contributed by atoms with Gasteiger partial charge in [0.15, 0.2) is 5.78 Å². The number of rotatable bonds is 0. The summed E-state index contributed by atoms with van der Waals surface area (Å²) in [5.41, 5.74) is 7.50. The van der Waals surface area contributed by atoms with Crippen molar-refractivity contribution in [1.29, 1.82) is 0 Å². The number of benzene rings is 1. The first kappa shape index (κ1) is 7.95. The van der Waals surface area contributed by atoms with Crippen molar-refractivity contribution in [2.24, 2.45) is 5.73 Å². The predicted octanol–water partition coefficient (Wildman–Crippen LogP) is 2.04. The molecule has 1 aliphatic carbocycles. The van der Waals surface area contributed by atoms with Gasteiger partial charge in [-0.1, -0.05) is 22.0 Å². The van der Waals surface area contributed by atoms with Gasteiger partial charge in [0.1, 0.15) is 0 Å². The van der Waals surface area contributed by atoms with Crippen LogP contribution in [0.3, 0.4) is 0 Å². The molecule has 0 bridgehead atoms. The average molecular weight is 226 g/mol. The molecule has 0 spiro atoms. The summed E-state index contributed by atoms with van der Waals surface area (Å²) < 4.78 is 0.934. The first-order valence-corrected chi connectivity index (χ1v) is 4.56. The third-order valence-electron chi connectivity index (χ3n) is 2.12. The van der Waals surface area contributed by atoms with Crippen molar-refractivity contribution in [3.8, 4) is 0 Å². The van der Waals surface area contributed by atoms with Gasteiger partial charge < -0.3 is 5.73 Å². The van der Waals surface area contributed by atoms with Gasteiger partial charge >= 0.3 is 0 Å². The van der Waals surface area contributed by atoms with E-state index in [0.29, 0.717) is 6.42 Å². The minimum Gasteiger partial charge on any atom is -0.324 e. The van der Waals surface area contributed by atoms with E-state index in [-0.39, 0.29) is 11.8 Å². The second kappa shape index (κ2) is 2.68. The zero-order chi connectivity index (χ0) is 8.72. The van der Waals surface area contributed by atoms with Crippen LogP contribution in [0, 0.1) is 0 Å². The second-order valence-corrected chi connectivity index (χ2v) is 3.88. The van der Waals surface area contributed by atoms with Gasteiger partial charge in [0.05, 0.1) is 0 Å². The van der Waals surface area contributed by atoms with Crippen molar-refractivity contribution in [2.45, 2.75) is 12.5 Å². The van der Waals surface area contributed by atoms with Crippen LogP contribution in [-0.4, -0.2) is 5.78 Å². The van der Waals surface area contributed by atoms with Gasteiger partial charge in [-0.05, 0) is 17.7 Å². The third kappa shape index (κ3) is 1.09. The lowest BCUT2D eigenvalue weighted by Gasteiger charge is -2.01. The summed E-state index contributed by atoms with van der Waals surface area (Å²) in [4.78, 5) is 11.3. The second-order valence-electron chi connectivity index (χ2n) is 2.97. The largest absolute Gasteiger partial charge is 0.324 e. The van der Waals surface area contributed by atoms with Crippen molar-refractivity contribution in [3.05, 3.63) is 33.8 Å². The summed E-state index contributed by atoms with van der Waals surface area (Å²) in [5, 5.41) is 0. The Bertz CT molecular complexity index is 348. The van der Waals surface area contributed by atoms with E-state index in [2.05, 4.69) is 15.9 Å². The smallest absolute Gasteiger partial charge is 0.165 e. The van der Waals surface area contributed by atoms with E-state index < -0.39 is 0 Å². The number of ketones is 1. The molecule has 0 radical (unpaired) electrons. The lowest BCUT2D eigenvalue weighted by molar-refractivity contribution is 0.0989. The monoisotopic (exact) mass is 225 g/mol. The zero-order valence-corrected chi connectivity index (χ0v) is 7.97. The number of halogens is 1. The Hall–Kier alpha value is -0.670. The number of hydrogen-bond donors (Lipinski definition) is 1.